The summed E-state index contributed by atoms with van der Waals surface area (Å²) < 4.78 is 10.1. The van der Waals surface area contributed by atoms with Crippen molar-refractivity contribution in [3.63, 3.8) is 0 Å². The van der Waals surface area contributed by atoms with E-state index in [1.54, 1.807) is 14.0 Å². The molecule has 2 aromatic carbocycles. The van der Waals surface area contributed by atoms with Crippen molar-refractivity contribution >= 4 is 5.97 Å². The van der Waals surface area contributed by atoms with Crippen LogP contribution in [0.3, 0.4) is 0 Å². The van der Waals surface area contributed by atoms with Gasteiger partial charge in [0.1, 0.15) is 5.75 Å². The Morgan fingerprint density at radius 2 is 1.86 bits per heavy atom. The van der Waals surface area contributed by atoms with Gasteiger partial charge in [0.05, 0.1) is 20.1 Å². The standard InChI is InChI=1S/C18H21NO3/c1-3-22-18(20)12-17(19)15-6-4-5-14(11-15)13-7-9-16(21-2)10-8-13/h4-11,17H,3,12,19H2,1-2H3. The largest absolute Gasteiger partial charge is 0.497 e. The van der Waals surface area contributed by atoms with Crippen molar-refractivity contribution in [2.75, 3.05) is 13.7 Å². The van der Waals surface area contributed by atoms with Gasteiger partial charge in [-0.3, -0.25) is 4.79 Å². The zero-order chi connectivity index (χ0) is 15.9. The zero-order valence-electron chi connectivity index (χ0n) is 12.9. The molecule has 0 radical (unpaired) electrons. The van der Waals surface area contributed by atoms with E-state index < -0.39 is 0 Å². The highest BCUT2D eigenvalue weighted by atomic mass is 16.5. The van der Waals surface area contributed by atoms with Crippen LogP contribution >= 0.6 is 0 Å². The van der Waals surface area contributed by atoms with Crippen molar-refractivity contribution in [3.8, 4) is 16.9 Å². The lowest BCUT2D eigenvalue weighted by Crippen LogP contribution is -2.17. The number of carbonyl (C=O) groups is 1. The van der Waals surface area contributed by atoms with Crippen molar-refractivity contribution in [2.24, 2.45) is 5.73 Å². The molecule has 2 N–H and O–H groups in total. The van der Waals surface area contributed by atoms with Gasteiger partial charge in [0.15, 0.2) is 0 Å². The molecule has 1 atom stereocenters. The highest BCUT2D eigenvalue weighted by Gasteiger charge is 2.13. The number of rotatable bonds is 6. The van der Waals surface area contributed by atoms with Crippen LogP contribution in [0.25, 0.3) is 11.1 Å². The lowest BCUT2D eigenvalue weighted by molar-refractivity contribution is -0.143. The van der Waals surface area contributed by atoms with Crippen LogP contribution < -0.4 is 10.5 Å². The fraction of sp³-hybridized carbons (Fsp3) is 0.278. The average molecular weight is 299 g/mol. The molecule has 0 spiro atoms. The minimum atomic E-state index is -0.364. The number of hydrogen-bond donors (Lipinski definition) is 1. The molecule has 1 unspecified atom stereocenters. The maximum absolute atomic E-state index is 11.5. The predicted molar refractivity (Wildman–Crippen MR) is 86.6 cm³/mol. The molecule has 22 heavy (non-hydrogen) atoms. The van der Waals surface area contributed by atoms with Crippen LogP contribution in [-0.2, 0) is 9.53 Å². The van der Waals surface area contributed by atoms with E-state index in [0.717, 1.165) is 22.4 Å². The van der Waals surface area contributed by atoms with E-state index >= 15 is 0 Å². The number of methoxy groups -OCH3 is 1. The average Bonchev–Trinajstić information content (AvgIpc) is 2.55. The van der Waals surface area contributed by atoms with Gasteiger partial charge in [-0.05, 0) is 41.8 Å². The van der Waals surface area contributed by atoms with Crippen molar-refractivity contribution in [3.05, 3.63) is 54.1 Å². The Balaban J connectivity index is 2.16. The molecule has 116 valence electrons. The molecule has 4 nitrogen and oxygen atoms in total. The number of esters is 1. The quantitative estimate of drug-likeness (QED) is 0.831. The smallest absolute Gasteiger partial charge is 0.307 e. The highest BCUT2D eigenvalue weighted by Crippen LogP contribution is 2.25. The Morgan fingerprint density at radius 3 is 2.50 bits per heavy atom. The van der Waals surface area contributed by atoms with E-state index in [4.69, 9.17) is 15.2 Å². The van der Waals surface area contributed by atoms with Crippen molar-refractivity contribution in [2.45, 2.75) is 19.4 Å². The van der Waals surface area contributed by atoms with Crippen LogP contribution in [0, 0.1) is 0 Å². The van der Waals surface area contributed by atoms with Crippen LogP contribution in [0.2, 0.25) is 0 Å². The number of ether oxygens (including phenoxy) is 2. The summed E-state index contributed by atoms with van der Waals surface area (Å²) in [5, 5.41) is 0. The SMILES string of the molecule is CCOC(=O)CC(N)c1cccc(-c2ccc(OC)cc2)c1. The summed E-state index contributed by atoms with van der Waals surface area (Å²) in [5.74, 6) is 0.545. The first-order chi connectivity index (χ1) is 10.6. The molecule has 0 bridgehead atoms. The molecular formula is C18H21NO3. The maximum atomic E-state index is 11.5. The van der Waals surface area contributed by atoms with Crippen LogP contribution in [0.15, 0.2) is 48.5 Å². The van der Waals surface area contributed by atoms with Gasteiger partial charge >= 0.3 is 5.97 Å². The topological polar surface area (TPSA) is 61.5 Å². The van der Waals surface area contributed by atoms with E-state index in [9.17, 15) is 4.79 Å². The normalized spacial score (nSPS) is 11.8. The van der Waals surface area contributed by atoms with E-state index in [-0.39, 0.29) is 18.4 Å². The monoisotopic (exact) mass is 299 g/mol. The Labute approximate surface area is 130 Å². The third-order valence-electron chi connectivity index (χ3n) is 3.43. The Hall–Kier alpha value is -2.33. The molecule has 0 fully saturated rings. The summed E-state index contributed by atoms with van der Waals surface area (Å²) in [6.45, 7) is 2.16. The Kier molecular flexibility index (Phi) is 5.55. The molecule has 0 amide bonds. The number of carbonyl (C=O) groups excluding carboxylic acids is 1. The molecule has 2 rings (SSSR count). The highest BCUT2D eigenvalue weighted by molar-refractivity contribution is 5.71. The van der Waals surface area contributed by atoms with Crippen LogP contribution in [0.5, 0.6) is 5.75 Å². The van der Waals surface area contributed by atoms with Gasteiger partial charge in [-0.2, -0.15) is 0 Å². The minimum Gasteiger partial charge on any atom is -0.497 e. The third-order valence-corrected chi connectivity index (χ3v) is 3.43. The third kappa shape index (κ3) is 4.09. The molecule has 0 saturated heterocycles. The van der Waals surface area contributed by atoms with Gasteiger partial charge in [0, 0.05) is 6.04 Å². The minimum absolute atomic E-state index is 0.180. The number of hydrogen-bond acceptors (Lipinski definition) is 4. The lowest BCUT2D eigenvalue weighted by atomic mass is 9.98. The molecule has 0 heterocycles. The summed E-state index contributed by atoms with van der Waals surface area (Å²) in [5.41, 5.74) is 9.15. The predicted octanol–water partition coefficient (Wildman–Crippen LogP) is 3.32. The van der Waals surface area contributed by atoms with Gasteiger partial charge in [-0.25, -0.2) is 0 Å². The van der Waals surface area contributed by atoms with E-state index in [0.29, 0.717) is 6.61 Å². The van der Waals surface area contributed by atoms with E-state index in [1.807, 2.05) is 48.5 Å². The molecular weight excluding hydrogens is 278 g/mol. The molecule has 0 aliphatic rings. The van der Waals surface area contributed by atoms with Crippen LogP contribution in [0.4, 0.5) is 0 Å². The lowest BCUT2D eigenvalue weighted by Gasteiger charge is -2.13. The van der Waals surface area contributed by atoms with Crippen LogP contribution in [-0.4, -0.2) is 19.7 Å². The van der Waals surface area contributed by atoms with Gasteiger partial charge in [-0.1, -0.05) is 30.3 Å². The second-order valence-corrected chi connectivity index (χ2v) is 4.97. The summed E-state index contributed by atoms with van der Waals surface area (Å²) in [6, 6.07) is 15.4. The van der Waals surface area contributed by atoms with Gasteiger partial charge in [-0.15, -0.1) is 0 Å². The van der Waals surface area contributed by atoms with Gasteiger partial charge in [0.25, 0.3) is 0 Å². The number of nitrogens with two attached hydrogens (primary N) is 1. The Morgan fingerprint density at radius 1 is 1.14 bits per heavy atom. The van der Waals surface area contributed by atoms with E-state index in [2.05, 4.69) is 0 Å². The Bertz CT molecular complexity index is 622. The molecule has 0 aromatic heterocycles. The molecule has 0 saturated carbocycles. The molecule has 4 heteroatoms. The number of benzene rings is 2. The first-order valence-electron chi connectivity index (χ1n) is 7.29. The van der Waals surface area contributed by atoms with Gasteiger partial charge < -0.3 is 15.2 Å². The molecule has 0 aliphatic carbocycles. The summed E-state index contributed by atoms with van der Waals surface area (Å²) >= 11 is 0. The van der Waals surface area contributed by atoms with Crippen molar-refractivity contribution < 1.29 is 14.3 Å². The fourth-order valence-electron chi connectivity index (χ4n) is 2.25. The van der Waals surface area contributed by atoms with Crippen molar-refractivity contribution in [1.29, 1.82) is 0 Å². The fourth-order valence-corrected chi connectivity index (χ4v) is 2.25. The maximum Gasteiger partial charge on any atom is 0.307 e. The van der Waals surface area contributed by atoms with Crippen molar-refractivity contribution in [1.82, 2.24) is 0 Å². The van der Waals surface area contributed by atoms with Crippen LogP contribution in [0.1, 0.15) is 24.9 Å². The summed E-state index contributed by atoms with van der Waals surface area (Å²) in [4.78, 5) is 11.5. The zero-order valence-corrected chi connectivity index (χ0v) is 12.9. The molecule has 2 aromatic rings. The summed E-state index contributed by atoms with van der Waals surface area (Å²) in [7, 11) is 1.64. The van der Waals surface area contributed by atoms with E-state index in [1.165, 1.54) is 0 Å². The first-order valence-corrected chi connectivity index (χ1v) is 7.29. The van der Waals surface area contributed by atoms with Gasteiger partial charge in [0.2, 0.25) is 0 Å². The second-order valence-electron chi connectivity index (χ2n) is 4.97. The second kappa shape index (κ2) is 7.61. The summed E-state index contributed by atoms with van der Waals surface area (Å²) in [6.07, 6.45) is 0.180. The molecule has 0 aliphatic heterocycles. The first kappa shape index (κ1) is 16.0.